The van der Waals surface area contributed by atoms with Gasteiger partial charge in [0.15, 0.2) is 5.78 Å². The number of nitrogens with one attached hydrogen (secondary N) is 2. The van der Waals surface area contributed by atoms with Crippen molar-refractivity contribution >= 4 is 17.4 Å². The van der Waals surface area contributed by atoms with E-state index in [1.54, 1.807) is 0 Å². The van der Waals surface area contributed by atoms with Crippen molar-refractivity contribution in [2.45, 2.75) is 46.5 Å². The van der Waals surface area contributed by atoms with Crippen LogP contribution in [0, 0.1) is 12.8 Å². The van der Waals surface area contributed by atoms with Crippen LogP contribution in [0.2, 0.25) is 0 Å². The van der Waals surface area contributed by atoms with Crippen molar-refractivity contribution in [1.82, 2.24) is 5.32 Å². The third-order valence-electron chi connectivity index (χ3n) is 4.94. The summed E-state index contributed by atoms with van der Waals surface area (Å²) >= 11 is 0. The maximum absolute atomic E-state index is 12.9. The summed E-state index contributed by atoms with van der Waals surface area (Å²) in [6.45, 7) is 5.94. The minimum Gasteiger partial charge on any atom is -0.362 e. The van der Waals surface area contributed by atoms with Gasteiger partial charge in [0.2, 0.25) is 0 Å². The second-order valence-electron chi connectivity index (χ2n) is 6.56. The van der Waals surface area contributed by atoms with Gasteiger partial charge in [0.05, 0.1) is 0 Å². The lowest BCUT2D eigenvalue weighted by atomic mass is 9.77. The number of dihydropyridines is 1. The fourth-order valence-corrected chi connectivity index (χ4v) is 3.74. The average Bonchev–Trinajstić information content (AvgIpc) is 2.55. The van der Waals surface area contributed by atoms with Gasteiger partial charge >= 0.3 is 0 Å². The number of ketones is 1. The fraction of sp³-hybridized carbons (Fsp3) is 0.400. The summed E-state index contributed by atoms with van der Waals surface area (Å²) in [5.41, 5.74) is 5.23. The van der Waals surface area contributed by atoms with Gasteiger partial charge in [0.25, 0.3) is 5.91 Å². The molecule has 0 saturated heterocycles. The van der Waals surface area contributed by atoms with Gasteiger partial charge in [-0.05, 0) is 44.7 Å². The molecule has 1 aliphatic heterocycles. The van der Waals surface area contributed by atoms with Gasteiger partial charge in [-0.25, -0.2) is 0 Å². The van der Waals surface area contributed by atoms with Crippen LogP contribution in [-0.2, 0) is 9.59 Å². The first-order chi connectivity index (χ1) is 11.5. The second kappa shape index (κ2) is 6.63. The number of para-hydroxylation sites is 1. The molecule has 0 fully saturated rings. The van der Waals surface area contributed by atoms with Crippen molar-refractivity contribution in [3.63, 3.8) is 0 Å². The Morgan fingerprint density at radius 3 is 2.71 bits per heavy atom. The molecule has 1 atom stereocenters. The third kappa shape index (κ3) is 2.88. The Morgan fingerprint density at radius 2 is 2.00 bits per heavy atom. The largest absolute Gasteiger partial charge is 0.362 e. The summed E-state index contributed by atoms with van der Waals surface area (Å²) in [6.07, 6.45) is 3.11. The zero-order valence-corrected chi connectivity index (χ0v) is 14.5. The molecule has 1 unspecified atom stereocenters. The fourth-order valence-electron chi connectivity index (χ4n) is 3.74. The number of carbonyl (C=O) groups excluding carboxylic acids is 2. The zero-order chi connectivity index (χ0) is 17.3. The topological polar surface area (TPSA) is 58.2 Å². The first-order valence-corrected chi connectivity index (χ1v) is 8.64. The summed E-state index contributed by atoms with van der Waals surface area (Å²) in [4.78, 5) is 25.4. The van der Waals surface area contributed by atoms with Gasteiger partial charge in [0.1, 0.15) is 0 Å². The first kappa shape index (κ1) is 16.5. The maximum Gasteiger partial charge on any atom is 0.253 e. The van der Waals surface area contributed by atoms with E-state index in [4.69, 9.17) is 0 Å². The van der Waals surface area contributed by atoms with Crippen molar-refractivity contribution in [1.29, 1.82) is 0 Å². The van der Waals surface area contributed by atoms with Gasteiger partial charge < -0.3 is 10.6 Å². The minimum absolute atomic E-state index is 0.113. The predicted molar refractivity (Wildman–Crippen MR) is 95.3 cm³/mol. The molecule has 1 aromatic rings. The quantitative estimate of drug-likeness (QED) is 0.888. The highest BCUT2D eigenvalue weighted by atomic mass is 16.2. The lowest BCUT2D eigenvalue weighted by molar-refractivity contribution is -0.116. The SMILES string of the molecule is CCC1C(C(=O)Nc2ccccc2C)=C(C)NC2=C1C(=O)CCC2. The number of aryl methyl sites for hydroxylation is 1. The van der Waals surface area contributed by atoms with E-state index in [9.17, 15) is 9.59 Å². The van der Waals surface area contributed by atoms with E-state index in [0.29, 0.717) is 12.0 Å². The molecule has 1 aromatic carbocycles. The van der Waals surface area contributed by atoms with Crippen LogP contribution in [-0.4, -0.2) is 11.7 Å². The molecule has 3 rings (SSSR count). The highest BCUT2D eigenvalue weighted by Crippen LogP contribution is 2.37. The van der Waals surface area contributed by atoms with Gasteiger partial charge in [0, 0.05) is 40.6 Å². The Labute approximate surface area is 143 Å². The molecule has 1 aliphatic carbocycles. The molecule has 4 heteroatoms. The lowest BCUT2D eigenvalue weighted by Gasteiger charge is -2.33. The number of allylic oxidation sites excluding steroid dienone is 3. The van der Waals surface area contributed by atoms with Gasteiger partial charge in [-0.1, -0.05) is 25.1 Å². The van der Waals surface area contributed by atoms with Crippen molar-refractivity contribution in [3.05, 3.63) is 52.4 Å². The summed E-state index contributed by atoms with van der Waals surface area (Å²) in [5, 5.41) is 6.34. The van der Waals surface area contributed by atoms with E-state index in [0.717, 1.165) is 47.5 Å². The summed E-state index contributed by atoms with van der Waals surface area (Å²) < 4.78 is 0. The molecule has 24 heavy (non-hydrogen) atoms. The molecule has 0 bridgehead atoms. The Hall–Kier alpha value is -2.36. The number of rotatable bonds is 3. The van der Waals surface area contributed by atoms with E-state index < -0.39 is 0 Å². The standard InChI is InChI=1S/C20H24N2O2/c1-4-14-18(20(24)22-15-9-6-5-8-12(15)2)13(3)21-16-10-7-11-17(23)19(14)16/h5-6,8-9,14,21H,4,7,10-11H2,1-3H3,(H,22,24). The minimum atomic E-state index is -0.119. The zero-order valence-electron chi connectivity index (χ0n) is 14.5. The number of anilines is 1. The van der Waals surface area contributed by atoms with Gasteiger partial charge in [-0.15, -0.1) is 0 Å². The summed E-state index contributed by atoms with van der Waals surface area (Å²) in [7, 11) is 0. The van der Waals surface area contributed by atoms with E-state index in [-0.39, 0.29) is 17.6 Å². The number of amides is 1. The summed E-state index contributed by atoms with van der Waals surface area (Å²) in [6, 6.07) is 7.73. The maximum atomic E-state index is 12.9. The highest BCUT2D eigenvalue weighted by Gasteiger charge is 2.36. The van der Waals surface area contributed by atoms with Crippen molar-refractivity contribution in [2.24, 2.45) is 5.92 Å². The highest BCUT2D eigenvalue weighted by molar-refractivity contribution is 6.08. The van der Waals surface area contributed by atoms with Crippen LogP contribution < -0.4 is 10.6 Å². The third-order valence-corrected chi connectivity index (χ3v) is 4.94. The van der Waals surface area contributed by atoms with Crippen LogP contribution in [0.15, 0.2) is 46.8 Å². The Kier molecular flexibility index (Phi) is 4.56. The second-order valence-corrected chi connectivity index (χ2v) is 6.56. The van der Waals surface area contributed by atoms with Crippen LogP contribution in [0.1, 0.15) is 45.1 Å². The normalized spacial score (nSPS) is 20.6. The number of hydrogen-bond acceptors (Lipinski definition) is 3. The van der Waals surface area contributed by atoms with Crippen molar-refractivity contribution in [2.75, 3.05) is 5.32 Å². The molecular formula is C20H24N2O2. The van der Waals surface area contributed by atoms with E-state index in [2.05, 4.69) is 10.6 Å². The van der Waals surface area contributed by atoms with Crippen LogP contribution >= 0.6 is 0 Å². The van der Waals surface area contributed by atoms with Crippen molar-refractivity contribution < 1.29 is 9.59 Å². The molecule has 126 valence electrons. The Balaban J connectivity index is 1.93. The van der Waals surface area contributed by atoms with Crippen LogP contribution in [0.5, 0.6) is 0 Å². The van der Waals surface area contributed by atoms with E-state index in [1.807, 2.05) is 45.0 Å². The Bertz CT molecular complexity index is 759. The molecule has 2 N–H and O–H groups in total. The molecule has 0 spiro atoms. The van der Waals surface area contributed by atoms with Crippen molar-refractivity contribution in [3.8, 4) is 0 Å². The number of Topliss-reactive ketones (excluding diaryl/α,β-unsaturated/α-hetero) is 1. The van der Waals surface area contributed by atoms with E-state index >= 15 is 0 Å². The lowest BCUT2D eigenvalue weighted by Crippen LogP contribution is -2.36. The molecule has 0 aromatic heterocycles. The molecule has 0 saturated carbocycles. The molecule has 4 nitrogen and oxygen atoms in total. The number of hydrogen-bond donors (Lipinski definition) is 2. The molecule has 2 aliphatic rings. The summed E-state index contributed by atoms with van der Waals surface area (Å²) in [5.74, 6) is -0.0477. The first-order valence-electron chi connectivity index (χ1n) is 8.64. The number of benzene rings is 1. The van der Waals surface area contributed by atoms with Crippen LogP contribution in [0.3, 0.4) is 0 Å². The number of carbonyl (C=O) groups is 2. The van der Waals surface area contributed by atoms with E-state index in [1.165, 1.54) is 0 Å². The van der Waals surface area contributed by atoms with Crippen LogP contribution in [0.25, 0.3) is 0 Å². The smallest absolute Gasteiger partial charge is 0.253 e. The molecular weight excluding hydrogens is 300 g/mol. The van der Waals surface area contributed by atoms with Crippen LogP contribution in [0.4, 0.5) is 5.69 Å². The predicted octanol–water partition coefficient (Wildman–Crippen LogP) is 3.84. The molecule has 1 heterocycles. The van der Waals surface area contributed by atoms with Gasteiger partial charge in [-0.2, -0.15) is 0 Å². The Morgan fingerprint density at radius 1 is 1.25 bits per heavy atom. The molecule has 1 amide bonds. The monoisotopic (exact) mass is 324 g/mol. The van der Waals surface area contributed by atoms with Gasteiger partial charge in [-0.3, -0.25) is 9.59 Å². The average molecular weight is 324 g/mol. The molecule has 0 radical (unpaired) electrons.